The minimum absolute atomic E-state index is 0.0611. The summed E-state index contributed by atoms with van der Waals surface area (Å²) < 4.78 is 41.1. The van der Waals surface area contributed by atoms with Gasteiger partial charge >= 0.3 is 0 Å². The fraction of sp³-hybridized carbons (Fsp3) is 0.235. The minimum atomic E-state index is -4.35. The van der Waals surface area contributed by atoms with Gasteiger partial charge in [0.05, 0.1) is 24.8 Å². The van der Waals surface area contributed by atoms with E-state index in [9.17, 15) is 18.0 Å². The van der Waals surface area contributed by atoms with Crippen molar-refractivity contribution in [3.63, 3.8) is 0 Å². The molecule has 0 spiro atoms. The molecule has 0 aliphatic rings. The molecule has 0 bridgehead atoms. The minimum Gasteiger partial charge on any atom is -0.493 e. The summed E-state index contributed by atoms with van der Waals surface area (Å²) in [5, 5.41) is 3.25. The highest BCUT2D eigenvalue weighted by Gasteiger charge is 2.35. The van der Waals surface area contributed by atoms with Crippen LogP contribution in [0.5, 0.6) is 11.5 Å². The van der Waals surface area contributed by atoms with Crippen molar-refractivity contribution >= 4 is 55.1 Å². The molecule has 0 heterocycles. The molecule has 242 valence electrons. The molecule has 0 radical (unpaired) electrons. The number of benzene rings is 4. The maximum absolute atomic E-state index is 14.5. The number of amides is 2. The van der Waals surface area contributed by atoms with Gasteiger partial charge in [-0.25, -0.2) is 8.42 Å². The van der Waals surface area contributed by atoms with Crippen LogP contribution in [0, 0.1) is 0 Å². The van der Waals surface area contributed by atoms with E-state index in [0.29, 0.717) is 17.3 Å². The van der Waals surface area contributed by atoms with Gasteiger partial charge in [-0.2, -0.15) is 0 Å². The first-order chi connectivity index (χ1) is 22.1. The van der Waals surface area contributed by atoms with E-state index in [-0.39, 0.29) is 35.2 Å². The molecule has 0 aliphatic carbocycles. The second-order valence-electron chi connectivity index (χ2n) is 10.3. The SMILES string of the molecule is CCNC(=O)[C@H](Cc1ccccc1)N(Cc1ccc(Br)cc1)C(=O)CN(c1ccc(Cl)cc1)S(=O)(=O)c1ccc(OC)c(OC)c1. The molecule has 4 rings (SSSR count). The van der Waals surface area contributed by atoms with Gasteiger partial charge in [-0.1, -0.05) is 70.0 Å². The van der Waals surface area contributed by atoms with Gasteiger partial charge < -0.3 is 19.7 Å². The molecule has 0 saturated carbocycles. The lowest BCUT2D eigenvalue weighted by Crippen LogP contribution is -2.53. The number of hydrogen-bond acceptors (Lipinski definition) is 6. The van der Waals surface area contributed by atoms with Crippen LogP contribution >= 0.6 is 27.5 Å². The molecule has 0 saturated heterocycles. The molecule has 0 fully saturated rings. The van der Waals surface area contributed by atoms with Crippen LogP contribution in [-0.4, -0.2) is 58.5 Å². The standard InChI is InChI=1S/C34H35BrClN3O6S/c1-4-37-34(41)30(20-24-8-6-5-7-9-24)38(22-25-10-12-26(35)13-11-25)33(40)23-39(28-16-14-27(36)15-17-28)46(42,43)29-18-19-31(44-2)32(21-29)45-3/h5-19,21,30H,4,20,22-23H2,1-3H3,(H,37,41)/t30-/m0/s1. The van der Waals surface area contributed by atoms with Gasteiger partial charge in [0.15, 0.2) is 11.5 Å². The largest absolute Gasteiger partial charge is 0.493 e. The first-order valence-electron chi connectivity index (χ1n) is 14.4. The molecular formula is C34H35BrClN3O6S. The quantitative estimate of drug-likeness (QED) is 0.169. The Bertz CT molecular complexity index is 1740. The van der Waals surface area contributed by atoms with Crippen molar-refractivity contribution in [2.24, 2.45) is 0 Å². The molecule has 0 unspecified atom stereocenters. The summed E-state index contributed by atoms with van der Waals surface area (Å²) in [6, 6.07) is 26.2. The zero-order valence-electron chi connectivity index (χ0n) is 25.7. The Morgan fingerprint density at radius 2 is 1.52 bits per heavy atom. The Morgan fingerprint density at radius 1 is 0.870 bits per heavy atom. The predicted molar refractivity (Wildman–Crippen MR) is 183 cm³/mol. The lowest BCUT2D eigenvalue weighted by atomic mass is 10.0. The van der Waals surface area contributed by atoms with Gasteiger partial charge in [0.2, 0.25) is 11.8 Å². The van der Waals surface area contributed by atoms with E-state index < -0.39 is 28.5 Å². The number of anilines is 1. The third kappa shape index (κ3) is 8.60. The van der Waals surface area contributed by atoms with E-state index in [1.807, 2.05) is 54.6 Å². The van der Waals surface area contributed by atoms with Gasteiger partial charge in [-0.3, -0.25) is 13.9 Å². The van der Waals surface area contributed by atoms with Gasteiger partial charge in [-0.05, 0) is 66.6 Å². The van der Waals surface area contributed by atoms with Crippen molar-refractivity contribution in [2.45, 2.75) is 30.8 Å². The average molecular weight is 729 g/mol. The van der Waals surface area contributed by atoms with Crippen LogP contribution in [0.3, 0.4) is 0 Å². The second-order valence-corrected chi connectivity index (χ2v) is 13.5. The van der Waals surface area contributed by atoms with E-state index >= 15 is 0 Å². The number of methoxy groups -OCH3 is 2. The lowest BCUT2D eigenvalue weighted by molar-refractivity contribution is -0.140. The average Bonchev–Trinajstić information content (AvgIpc) is 3.06. The van der Waals surface area contributed by atoms with E-state index in [0.717, 1.165) is 19.9 Å². The van der Waals surface area contributed by atoms with Crippen molar-refractivity contribution < 1.29 is 27.5 Å². The van der Waals surface area contributed by atoms with Crippen molar-refractivity contribution in [3.05, 3.63) is 118 Å². The smallest absolute Gasteiger partial charge is 0.264 e. The molecule has 1 atom stereocenters. The van der Waals surface area contributed by atoms with Crippen LogP contribution in [-0.2, 0) is 32.6 Å². The van der Waals surface area contributed by atoms with Crippen LogP contribution in [0.25, 0.3) is 0 Å². The summed E-state index contributed by atoms with van der Waals surface area (Å²) in [6.45, 7) is 1.62. The van der Waals surface area contributed by atoms with Crippen molar-refractivity contribution in [3.8, 4) is 11.5 Å². The summed E-state index contributed by atoms with van der Waals surface area (Å²) >= 11 is 9.58. The third-order valence-electron chi connectivity index (χ3n) is 7.22. The van der Waals surface area contributed by atoms with Crippen molar-refractivity contribution in [1.82, 2.24) is 10.2 Å². The summed E-state index contributed by atoms with van der Waals surface area (Å²) in [7, 11) is -1.49. The van der Waals surface area contributed by atoms with E-state index in [2.05, 4.69) is 21.2 Å². The Kier molecular flexibility index (Phi) is 12.1. The Balaban J connectivity index is 1.81. The van der Waals surface area contributed by atoms with Crippen molar-refractivity contribution in [1.29, 1.82) is 0 Å². The molecule has 12 heteroatoms. The molecule has 4 aromatic carbocycles. The number of rotatable bonds is 14. The number of sulfonamides is 1. The van der Waals surface area contributed by atoms with Crippen LogP contribution < -0.4 is 19.1 Å². The third-order valence-corrected chi connectivity index (χ3v) is 9.78. The van der Waals surface area contributed by atoms with Crippen LogP contribution in [0.1, 0.15) is 18.1 Å². The molecule has 4 aromatic rings. The number of likely N-dealkylation sites (N-methyl/N-ethyl adjacent to an activating group) is 1. The normalized spacial score (nSPS) is 11.8. The fourth-order valence-corrected chi connectivity index (χ4v) is 6.69. The fourth-order valence-electron chi connectivity index (χ4n) is 4.87. The molecule has 46 heavy (non-hydrogen) atoms. The number of halogens is 2. The molecule has 0 aliphatic heterocycles. The van der Waals surface area contributed by atoms with E-state index in [1.165, 1.54) is 49.5 Å². The van der Waals surface area contributed by atoms with Crippen LogP contribution in [0.4, 0.5) is 5.69 Å². The van der Waals surface area contributed by atoms with Gasteiger partial charge in [0, 0.05) is 35.1 Å². The molecule has 9 nitrogen and oxygen atoms in total. The van der Waals surface area contributed by atoms with Gasteiger partial charge in [-0.15, -0.1) is 0 Å². The number of carbonyl (C=O) groups is 2. The molecule has 0 aromatic heterocycles. The number of carbonyl (C=O) groups excluding carboxylic acids is 2. The Hall–Kier alpha value is -4.06. The highest BCUT2D eigenvalue weighted by Crippen LogP contribution is 2.33. The highest BCUT2D eigenvalue weighted by atomic mass is 79.9. The highest BCUT2D eigenvalue weighted by molar-refractivity contribution is 9.10. The monoisotopic (exact) mass is 727 g/mol. The summed E-state index contributed by atoms with van der Waals surface area (Å²) in [5.74, 6) is -0.365. The molecule has 2 amide bonds. The summed E-state index contributed by atoms with van der Waals surface area (Å²) in [5.41, 5.74) is 1.83. The molecular weight excluding hydrogens is 694 g/mol. The summed E-state index contributed by atoms with van der Waals surface area (Å²) in [4.78, 5) is 29.4. The zero-order valence-corrected chi connectivity index (χ0v) is 28.8. The predicted octanol–water partition coefficient (Wildman–Crippen LogP) is 6.09. The second kappa shape index (κ2) is 16.0. The zero-order chi connectivity index (χ0) is 33.3. The first-order valence-corrected chi connectivity index (χ1v) is 17.0. The number of nitrogens with zero attached hydrogens (tertiary/aromatic N) is 2. The van der Waals surface area contributed by atoms with Crippen LogP contribution in [0.2, 0.25) is 5.02 Å². The van der Waals surface area contributed by atoms with Crippen LogP contribution in [0.15, 0.2) is 106 Å². The number of nitrogens with one attached hydrogen (secondary N) is 1. The van der Waals surface area contributed by atoms with Gasteiger partial charge in [0.25, 0.3) is 10.0 Å². The Labute approximate surface area is 283 Å². The molecule has 1 N–H and O–H groups in total. The van der Waals surface area contributed by atoms with Crippen molar-refractivity contribution in [2.75, 3.05) is 31.6 Å². The number of ether oxygens (including phenoxy) is 2. The van der Waals surface area contributed by atoms with Gasteiger partial charge in [0.1, 0.15) is 12.6 Å². The number of hydrogen-bond donors (Lipinski definition) is 1. The summed E-state index contributed by atoms with van der Waals surface area (Å²) in [6.07, 6.45) is 0.221. The van der Waals surface area contributed by atoms with E-state index in [4.69, 9.17) is 21.1 Å². The van der Waals surface area contributed by atoms with E-state index in [1.54, 1.807) is 19.1 Å². The maximum atomic E-state index is 14.5. The maximum Gasteiger partial charge on any atom is 0.264 e. The Morgan fingerprint density at radius 3 is 2.13 bits per heavy atom. The topological polar surface area (TPSA) is 105 Å². The lowest BCUT2D eigenvalue weighted by Gasteiger charge is -2.34. The first kappa shape index (κ1) is 34.8.